The number of aryl methyl sites for hydroxylation is 1. The van der Waals surface area contributed by atoms with Crippen LogP contribution in [0.3, 0.4) is 0 Å². The van der Waals surface area contributed by atoms with Gasteiger partial charge in [-0.3, -0.25) is 0 Å². The summed E-state index contributed by atoms with van der Waals surface area (Å²) in [5.41, 5.74) is 1.30. The number of thioether (sulfide) groups is 1. The molecule has 30 heavy (non-hydrogen) atoms. The molecule has 1 aliphatic rings. The summed E-state index contributed by atoms with van der Waals surface area (Å²) in [7, 11) is 0. The Morgan fingerprint density at radius 3 is 2.60 bits per heavy atom. The van der Waals surface area contributed by atoms with Gasteiger partial charge in [-0.1, -0.05) is 49.8 Å². The molecule has 8 heteroatoms. The highest BCUT2D eigenvalue weighted by Crippen LogP contribution is 2.40. The van der Waals surface area contributed by atoms with Gasteiger partial charge in [-0.05, 0) is 49.8 Å². The van der Waals surface area contributed by atoms with E-state index in [1.165, 1.54) is 5.56 Å². The number of nitrogens with zero attached hydrogens (tertiary/aromatic N) is 5. The number of hydrogen-bond acceptors (Lipinski definition) is 7. The second kappa shape index (κ2) is 9.20. The Hall–Kier alpha value is -2.35. The van der Waals surface area contributed by atoms with Crippen LogP contribution in [-0.4, -0.2) is 24.9 Å². The van der Waals surface area contributed by atoms with Crippen molar-refractivity contribution in [3.05, 3.63) is 47.4 Å². The third kappa shape index (κ3) is 5.03. The van der Waals surface area contributed by atoms with Crippen molar-refractivity contribution in [2.45, 2.75) is 76.4 Å². The van der Waals surface area contributed by atoms with Crippen molar-refractivity contribution in [2.75, 3.05) is 0 Å². The first-order valence-corrected chi connectivity index (χ1v) is 11.6. The molecule has 4 rings (SSSR count). The van der Waals surface area contributed by atoms with Crippen LogP contribution in [0.4, 0.5) is 0 Å². The molecule has 1 saturated carbocycles. The molecule has 1 fully saturated rings. The van der Waals surface area contributed by atoms with E-state index in [1.807, 2.05) is 12.1 Å². The molecule has 0 radical (unpaired) electrons. The van der Waals surface area contributed by atoms with Crippen LogP contribution in [0.1, 0.15) is 74.8 Å². The summed E-state index contributed by atoms with van der Waals surface area (Å²) < 4.78 is 13.6. The SMILES string of the molecule is CCc1ccc(OCc2nnc(SC(C)c3nc(C4CC4)no3)n2CC(C)C)cc1. The largest absolute Gasteiger partial charge is 0.486 e. The van der Waals surface area contributed by atoms with Crippen LogP contribution in [0.15, 0.2) is 33.9 Å². The van der Waals surface area contributed by atoms with Crippen molar-refractivity contribution < 1.29 is 9.26 Å². The summed E-state index contributed by atoms with van der Waals surface area (Å²) in [5, 5.41) is 13.8. The number of hydrogen-bond donors (Lipinski definition) is 0. The summed E-state index contributed by atoms with van der Waals surface area (Å²) in [5.74, 6) is 4.09. The highest BCUT2D eigenvalue weighted by Gasteiger charge is 2.30. The van der Waals surface area contributed by atoms with E-state index in [9.17, 15) is 0 Å². The fraction of sp³-hybridized carbons (Fsp3) is 0.545. The average molecular weight is 428 g/mol. The van der Waals surface area contributed by atoms with Gasteiger partial charge in [-0.25, -0.2) is 0 Å². The number of benzene rings is 1. The molecule has 2 aromatic heterocycles. The van der Waals surface area contributed by atoms with E-state index in [-0.39, 0.29) is 5.25 Å². The number of ether oxygens (including phenoxy) is 1. The first-order chi connectivity index (χ1) is 14.5. The first kappa shape index (κ1) is 20.9. The monoisotopic (exact) mass is 427 g/mol. The Labute approximate surface area is 181 Å². The lowest BCUT2D eigenvalue weighted by atomic mass is 10.2. The summed E-state index contributed by atoms with van der Waals surface area (Å²) >= 11 is 1.60. The van der Waals surface area contributed by atoms with Gasteiger partial charge in [0.1, 0.15) is 12.4 Å². The summed E-state index contributed by atoms with van der Waals surface area (Å²) in [6.07, 6.45) is 3.34. The summed E-state index contributed by atoms with van der Waals surface area (Å²) in [6, 6.07) is 8.20. The van der Waals surface area contributed by atoms with Crippen molar-refractivity contribution in [3.8, 4) is 5.75 Å². The van der Waals surface area contributed by atoms with Gasteiger partial charge in [0.05, 0.1) is 5.25 Å². The van der Waals surface area contributed by atoms with Crippen LogP contribution in [0.5, 0.6) is 5.75 Å². The minimum atomic E-state index is 0.00969. The highest BCUT2D eigenvalue weighted by atomic mass is 32.2. The quantitative estimate of drug-likeness (QED) is 0.412. The third-order valence-electron chi connectivity index (χ3n) is 5.07. The fourth-order valence-corrected chi connectivity index (χ4v) is 4.07. The maximum Gasteiger partial charge on any atom is 0.239 e. The van der Waals surface area contributed by atoms with Gasteiger partial charge in [0, 0.05) is 12.5 Å². The Morgan fingerprint density at radius 1 is 1.17 bits per heavy atom. The molecule has 0 saturated heterocycles. The number of rotatable bonds is 10. The van der Waals surface area contributed by atoms with Gasteiger partial charge in [0.25, 0.3) is 0 Å². The van der Waals surface area contributed by atoms with Crippen molar-refractivity contribution >= 4 is 11.8 Å². The molecule has 0 spiro atoms. The molecule has 1 unspecified atom stereocenters. The third-order valence-corrected chi connectivity index (χ3v) is 6.14. The Bertz CT molecular complexity index is 962. The molecule has 0 bridgehead atoms. The minimum Gasteiger partial charge on any atom is -0.486 e. The van der Waals surface area contributed by atoms with Crippen LogP contribution in [0.2, 0.25) is 0 Å². The lowest BCUT2D eigenvalue weighted by molar-refractivity contribution is 0.284. The minimum absolute atomic E-state index is 0.00969. The lowest BCUT2D eigenvalue weighted by Gasteiger charge is -2.14. The van der Waals surface area contributed by atoms with Gasteiger partial charge < -0.3 is 13.8 Å². The molecule has 2 heterocycles. The normalized spacial score (nSPS) is 15.0. The summed E-state index contributed by atoms with van der Waals surface area (Å²) in [6.45, 7) is 9.79. The predicted octanol–water partition coefficient (Wildman–Crippen LogP) is 5.19. The van der Waals surface area contributed by atoms with Crippen molar-refractivity contribution in [3.63, 3.8) is 0 Å². The average Bonchev–Trinajstić information content (AvgIpc) is 3.36. The van der Waals surface area contributed by atoms with Crippen LogP contribution in [0, 0.1) is 5.92 Å². The second-order valence-electron chi connectivity index (χ2n) is 8.21. The van der Waals surface area contributed by atoms with E-state index in [0.29, 0.717) is 24.3 Å². The van der Waals surface area contributed by atoms with Crippen molar-refractivity contribution in [2.24, 2.45) is 5.92 Å². The molecular weight excluding hydrogens is 398 g/mol. The van der Waals surface area contributed by atoms with Gasteiger partial charge in [0.2, 0.25) is 5.89 Å². The maximum absolute atomic E-state index is 5.98. The van der Waals surface area contributed by atoms with E-state index in [2.05, 4.69) is 64.7 Å². The zero-order valence-electron chi connectivity index (χ0n) is 18.0. The molecule has 7 nitrogen and oxygen atoms in total. The maximum atomic E-state index is 5.98. The van der Waals surface area contributed by atoms with Gasteiger partial charge in [-0.2, -0.15) is 4.98 Å². The van der Waals surface area contributed by atoms with Crippen LogP contribution in [-0.2, 0) is 19.6 Å². The molecule has 160 valence electrons. The predicted molar refractivity (Wildman–Crippen MR) is 116 cm³/mol. The zero-order chi connectivity index (χ0) is 21.1. The Kier molecular flexibility index (Phi) is 6.41. The van der Waals surface area contributed by atoms with Gasteiger partial charge in [-0.15, -0.1) is 10.2 Å². The topological polar surface area (TPSA) is 78.9 Å². The molecular formula is C22H29N5O2S. The Morgan fingerprint density at radius 2 is 1.93 bits per heavy atom. The second-order valence-corrected chi connectivity index (χ2v) is 9.52. The van der Waals surface area contributed by atoms with Crippen LogP contribution < -0.4 is 4.74 Å². The summed E-state index contributed by atoms with van der Waals surface area (Å²) in [4.78, 5) is 4.58. The van der Waals surface area contributed by atoms with E-state index in [1.54, 1.807) is 11.8 Å². The molecule has 0 amide bonds. The van der Waals surface area contributed by atoms with Crippen molar-refractivity contribution in [1.29, 1.82) is 0 Å². The van der Waals surface area contributed by atoms with Gasteiger partial charge in [0.15, 0.2) is 16.8 Å². The molecule has 3 aromatic rings. The fourth-order valence-electron chi connectivity index (χ4n) is 3.16. The molecule has 0 aliphatic heterocycles. The van der Waals surface area contributed by atoms with Gasteiger partial charge >= 0.3 is 0 Å². The first-order valence-electron chi connectivity index (χ1n) is 10.7. The van der Waals surface area contributed by atoms with E-state index < -0.39 is 0 Å². The lowest BCUT2D eigenvalue weighted by Crippen LogP contribution is -2.12. The standard InChI is InChI=1S/C22H29N5O2S/c1-5-16-6-10-18(11-7-16)28-13-19-24-25-22(27(19)12-14(2)3)30-15(4)21-23-20(26-29-21)17-8-9-17/h6-7,10-11,14-15,17H,5,8-9,12-13H2,1-4H3. The molecule has 0 N–H and O–H groups in total. The molecule has 1 aromatic carbocycles. The number of aromatic nitrogens is 5. The smallest absolute Gasteiger partial charge is 0.239 e. The molecule has 1 atom stereocenters. The Balaban J connectivity index is 1.45. The highest BCUT2D eigenvalue weighted by molar-refractivity contribution is 7.99. The van der Waals surface area contributed by atoms with Crippen LogP contribution in [0.25, 0.3) is 0 Å². The van der Waals surface area contributed by atoms with Crippen LogP contribution >= 0.6 is 11.8 Å². The molecule has 1 aliphatic carbocycles. The van der Waals surface area contributed by atoms with E-state index >= 15 is 0 Å². The zero-order valence-corrected chi connectivity index (χ0v) is 18.9. The van der Waals surface area contributed by atoms with Crippen molar-refractivity contribution in [1.82, 2.24) is 24.9 Å². The van der Waals surface area contributed by atoms with E-state index in [4.69, 9.17) is 9.26 Å². The van der Waals surface area contributed by atoms with E-state index in [0.717, 1.165) is 48.4 Å².